The number of nitrogens with zero attached hydrogens (tertiary/aromatic N) is 1. The smallest absolute Gasteiger partial charge is 0.0708 e. The van der Waals surface area contributed by atoms with Crippen LogP contribution in [-0.4, -0.2) is 4.98 Å². The van der Waals surface area contributed by atoms with Crippen LogP contribution < -0.4 is 0 Å². The van der Waals surface area contributed by atoms with Gasteiger partial charge < -0.3 is 0 Å². The molecule has 1 nitrogen and oxygen atoms in total. The van der Waals surface area contributed by atoms with Crippen molar-refractivity contribution >= 4 is 21.7 Å². The first-order chi connectivity index (χ1) is 11.2. The topological polar surface area (TPSA) is 12.9 Å². The van der Waals surface area contributed by atoms with E-state index in [0.29, 0.717) is 0 Å². The highest BCUT2D eigenvalue weighted by atomic mass is 14.7. The van der Waals surface area contributed by atoms with E-state index in [2.05, 4.69) is 80.7 Å². The molecule has 1 heterocycles. The van der Waals surface area contributed by atoms with Gasteiger partial charge >= 0.3 is 0 Å². The predicted molar refractivity (Wildman–Crippen MR) is 96.8 cm³/mol. The van der Waals surface area contributed by atoms with Crippen LogP contribution in [0.4, 0.5) is 0 Å². The van der Waals surface area contributed by atoms with Crippen molar-refractivity contribution in [3.05, 3.63) is 78.0 Å². The third-order valence-corrected chi connectivity index (χ3v) is 5.27. The van der Waals surface area contributed by atoms with Gasteiger partial charge in [0.15, 0.2) is 0 Å². The Labute approximate surface area is 135 Å². The molecule has 0 N–H and O–H groups in total. The Kier molecular flexibility index (Phi) is 2.34. The van der Waals surface area contributed by atoms with Gasteiger partial charge in [0, 0.05) is 17.0 Å². The van der Waals surface area contributed by atoms with Crippen LogP contribution >= 0.6 is 0 Å². The van der Waals surface area contributed by atoms with Gasteiger partial charge in [0.05, 0.1) is 5.52 Å². The molecule has 3 aromatic carbocycles. The van der Waals surface area contributed by atoms with Gasteiger partial charge in [-0.15, -0.1) is 0 Å². The molecule has 1 heteroatoms. The summed E-state index contributed by atoms with van der Waals surface area (Å²) in [6, 6.07) is 21.7. The van der Waals surface area contributed by atoms with Crippen LogP contribution in [0.25, 0.3) is 32.8 Å². The monoisotopic (exact) mass is 295 g/mol. The van der Waals surface area contributed by atoms with Crippen molar-refractivity contribution in [3.63, 3.8) is 0 Å². The third kappa shape index (κ3) is 1.54. The molecule has 5 rings (SSSR count). The fourth-order valence-electron chi connectivity index (χ4n) is 4.19. The number of hydrogen-bond donors (Lipinski definition) is 0. The molecular formula is C22H17N. The van der Waals surface area contributed by atoms with Crippen molar-refractivity contribution in [2.24, 2.45) is 0 Å². The van der Waals surface area contributed by atoms with Crippen LogP contribution in [0.5, 0.6) is 0 Å². The maximum absolute atomic E-state index is 4.71. The van der Waals surface area contributed by atoms with E-state index in [1.807, 2.05) is 0 Å². The molecule has 1 aliphatic carbocycles. The van der Waals surface area contributed by atoms with Crippen LogP contribution in [0.15, 0.2) is 66.9 Å². The van der Waals surface area contributed by atoms with Crippen LogP contribution in [-0.2, 0) is 5.41 Å². The van der Waals surface area contributed by atoms with Gasteiger partial charge in [-0.05, 0) is 39.1 Å². The Morgan fingerprint density at radius 1 is 0.783 bits per heavy atom. The summed E-state index contributed by atoms with van der Waals surface area (Å²) in [7, 11) is 0. The third-order valence-electron chi connectivity index (χ3n) is 5.27. The van der Waals surface area contributed by atoms with Gasteiger partial charge in [-0.3, -0.25) is 4.98 Å². The number of hydrogen-bond acceptors (Lipinski definition) is 1. The molecule has 4 aromatic rings. The number of pyridine rings is 1. The molecule has 110 valence electrons. The first-order valence-corrected chi connectivity index (χ1v) is 8.09. The first kappa shape index (κ1) is 12.8. The lowest BCUT2D eigenvalue weighted by molar-refractivity contribution is 0.664. The fraction of sp³-hybridized carbons (Fsp3) is 0.136. The van der Waals surface area contributed by atoms with E-state index in [4.69, 9.17) is 4.98 Å². The van der Waals surface area contributed by atoms with Crippen LogP contribution in [0.3, 0.4) is 0 Å². The molecule has 0 aliphatic heterocycles. The quantitative estimate of drug-likeness (QED) is 0.406. The highest BCUT2D eigenvalue weighted by Gasteiger charge is 2.38. The Balaban J connectivity index is 2.01. The van der Waals surface area contributed by atoms with E-state index >= 15 is 0 Å². The van der Waals surface area contributed by atoms with E-state index in [1.54, 1.807) is 0 Å². The van der Waals surface area contributed by atoms with Crippen LogP contribution in [0, 0.1) is 0 Å². The molecular weight excluding hydrogens is 278 g/mol. The fourth-order valence-corrected chi connectivity index (χ4v) is 4.19. The minimum absolute atomic E-state index is 0.0252. The molecule has 0 spiro atoms. The Morgan fingerprint density at radius 2 is 1.52 bits per heavy atom. The second-order valence-corrected chi connectivity index (χ2v) is 6.90. The van der Waals surface area contributed by atoms with Gasteiger partial charge in [0.1, 0.15) is 0 Å². The zero-order valence-corrected chi connectivity index (χ0v) is 13.3. The zero-order valence-electron chi connectivity index (χ0n) is 13.3. The second-order valence-electron chi connectivity index (χ2n) is 6.90. The van der Waals surface area contributed by atoms with Gasteiger partial charge in [-0.25, -0.2) is 0 Å². The second kappa shape index (κ2) is 4.20. The lowest BCUT2D eigenvalue weighted by Crippen LogP contribution is -2.15. The standard InChI is InChI=1S/C22H17N/c1-22(2)18-13-23-19-10-6-5-9-16(19)20(18)17-12-11-14-7-3-4-8-15(14)21(17)22/h3-13H,1-2H3. The average molecular weight is 295 g/mol. The molecule has 1 aromatic heterocycles. The summed E-state index contributed by atoms with van der Waals surface area (Å²) in [5.74, 6) is 0. The maximum atomic E-state index is 4.71. The Bertz CT molecular complexity index is 1090. The molecule has 0 unspecified atom stereocenters. The number of aromatic nitrogens is 1. The summed E-state index contributed by atoms with van der Waals surface area (Å²) in [6.45, 7) is 4.64. The molecule has 0 amide bonds. The zero-order chi connectivity index (χ0) is 15.6. The Hall–Kier alpha value is -2.67. The molecule has 0 fully saturated rings. The normalized spacial score (nSPS) is 14.9. The van der Waals surface area contributed by atoms with E-state index < -0.39 is 0 Å². The summed E-state index contributed by atoms with van der Waals surface area (Å²) in [6.07, 6.45) is 2.08. The van der Waals surface area contributed by atoms with Crippen molar-refractivity contribution in [2.45, 2.75) is 19.3 Å². The van der Waals surface area contributed by atoms with Gasteiger partial charge in [-0.1, -0.05) is 68.4 Å². The van der Waals surface area contributed by atoms with E-state index in [0.717, 1.165) is 5.52 Å². The number of para-hydroxylation sites is 1. The van der Waals surface area contributed by atoms with Crippen molar-refractivity contribution in [1.29, 1.82) is 0 Å². The van der Waals surface area contributed by atoms with E-state index in [-0.39, 0.29) is 5.41 Å². The van der Waals surface area contributed by atoms with Crippen molar-refractivity contribution in [2.75, 3.05) is 0 Å². The van der Waals surface area contributed by atoms with Crippen molar-refractivity contribution < 1.29 is 0 Å². The lowest BCUT2D eigenvalue weighted by Gasteiger charge is -2.22. The molecule has 1 aliphatic rings. The summed E-state index contributed by atoms with van der Waals surface area (Å²) >= 11 is 0. The molecule has 23 heavy (non-hydrogen) atoms. The maximum Gasteiger partial charge on any atom is 0.0708 e. The summed E-state index contributed by atoms with van der Waals surface area (Å²) in [5.41, 5.74) is 6.54. The first-order valence-electron chi connectivity index (χ1n) is 8.09. The van der Waals surface area contributed by atoms with Crippen LogP contribution in [0.2, 0.25) is 0 Å². The Morgan fingerprint density at radius 3 is 2.39 bits per heavy atom. The highest BCUT2D eigenvalue weighted by molar-refractivity contribution is 6.05. The van der Waals surface area contributed by atoms with Gasteiger partial charge in [0.25, 0.3) is 0 Å². The van der Waals surface area contributed by atoms with Crippen molar-refractivity contribution in [1.82, 2.24) is 4.98 Å². The average Bonchev–Trinajstić information content (AvgIpc) is 2.83. The minimum atomic E-state index is -0.0252. The lowest BCUT2D eigenvalue weighted by atomic mass is 9.80. The molecule has 0 radical (unpaired) electrons. The van der Waals surface area contributed by atoms with E-state index in [9.17, 15) is 0 Å². The van der Waals surface area contributed by atoms with Crippen molar-refractivity contribution in [3.8, 4) is 11.1 Å². The van der Waals surface area contributed by atoms with Gasteiger partial charge in [0.2, 0.25) is 0 Å². The van der Waals surface area contributed by atoms with Gasteiger partial charge in [-0.2, -0.15) is 0 Å². The molecule has 0 saturated carbocycles. The SMILES string of the molecule is CC1(C)c2cnc3ccccc3c2-c2ccc3ccccc3c21. The highest BCUT2D eigenvalue weighted by Crippen LogP contribution is 2.52. The minimum Gasteiger partial charge on any atom is -0.256 e. The number of rotatable bonds is 0. The largest absolute Gasteiger partial charge is 0.256 e. The molecule has 0 saturated heterocycles. The predicted octanol–water partition coefficient (Wildman–Crippen LogP) is 5.69. The summed E-state index contributed by atoms with van der Waals surface area (Å²) in [5, 5.41) is 3.92. The number of benzene rings is 3. The summed E-state index contributed by atoms with van der Waals surface area (Å²) < 4.78 is 0. The van der Waals surface area contributed by atoms with Crippen LogP contribution in [0.1, 0.15) is 25.0 Å². The molecule has 0 bridgehead atoms. The van der Waals surface area contributed by atoms with E-state index in [1.165, 1.54) is 38.4 Å². The molecule has 0 atom stereocenters. The number of fused-ring (bicyclic) bond motifs is 7. The summed E-state index contributed by atoms with van der Waals surface area (Å²) in [4.78, 5) is 4.71.